The van der Waals surface area contributed by atoms with Gasteiger partial charge in [-0.3, -0.25) is 14.8 Å². The molecule has 1 saturated heterocycles. The molecule has 6 rings (SSSR count). The zero-order valence-electron chi connectivity index (χ0n) is 29.1. The third-order valence-electron chi connectivity index (χ3n) is 12.6. The average Bonchev–Trinajstić information content (AvgIpc) is 3.07. The minimum Gasteiger partial charge on any atom is -0.392 e. The van der Waals surface area contributed by atoms with Crippen molar-refractivity contribution in [3.8, 4) is 0 Å². The fourth-order valence-electron chi connectivity index (χ4n) is 9.83. The summed E-state index contributed by atoms with van der Waals surface area (Å²) in [5.41, 5.74) is -4.68. The zero-order valence-corrected chi connectivity index (χ0v) is 38.6. The summed E-state index contributed by atoms with van der Waals surface area (Å²) in [7, 11) is 0. The van der Waals surface area contributed by atoms with Gasteiger partial charge in [0.25, 0.3) is 5.91 Å². The van der Waals surface area contributed by atoms with Gasteiger partial charge in [-0.15, -0.1) is 0 Å². The molecule has 12 atom stereocenters. The molecule has 50 heavy (non-hydrogen) atoms. The molecule has 2 aromatic rings. The second-order valence-electron chi connectivity index (χ2n) is 15.1. The number of aliphatic hydroxyl groups is 5. The van der Waals surface area contributed by atoms with Crippen LogP contribution in [0.3, 0.4) is 0 Å². The molecule has 2 bridgehead atoms. The van der Waals surface area contributed by atoms with Crippen LogP contribution in [0.2, 0.25) is 0 Å². The van der Waals surface area contributed by atoms with E-state index in [0.29, 0.717) is 16.7 Å². The Kier molecular flexibility index (Phi) is 13.3. The Morgan fingerprint density at radius 3 is 2.12 bits per heavy atom. The van der Waals surface area contributed by atoms with Crippen molar-refractivity contribution in [2.45, 2.75) is 95.2 Å². The summed E-state index contributed by atoms with van der Waals surface area (Å²) in [5, 5.41) is 73.7. The van der Waals surface area contributed by atoms with Crippen molar-refractivity contribution in [3.05, 3.63) is 82.9 Å². The minimum absolute atomic E-state index is 0. The van der Waals surface area contributed by atoms with E-state index in [0.717, 1.165) is 0 Å². The number of ether oxygens (including phenoxy) is 1. The first kappa shape index (κ1) is 42.6. The van der Waals surface area contributed by atoms with Crippen molar-refractivity contribution in [3.63, 3.8) is 0 Å². The molecule has 3 aliphatic carbocycles. The fraction of sp³-hybridized carbons (Fsp3) is 0.568. The van der Waals surface area contributed by atoms with Gasteiger partial charge in [-0.25, -0.2) is 4.89 Å². The van der Waals surface area contributed by atoms with Crippen molar-refractivity contribution in [1.29, 1.82) is 0 Å². The second-order valence-corrected chi connectivity index (χ2v) is 15.1. The normalized spacial score (nSPS) is 37.5. The molecule has 2 saturated carbocycles. The summed E-state index contributed by atoms with van der Waals surface area (Å²) in [6.45, 7) is 8.31. The fourth-order valence-corrected chi connectivity index (χ4v) is 9.83. The molecule has 1 heterocycles. The second kappa shape index (κ2) is 15.6. The molecule has 266 valence electrons. The molecular weight excluding hydrogens is 1070 g/mol. The molecular formula is C37H47Ac2NO10. The number of carbonyl (C=O) groups excluding carboxylic acids is 2. The Balaban J connectivity index is 0.00000281. The number of carbonyl (C=O) groups is 2. The molecule has 1 aliphatic heterocycles. The van der Waals surface area contributed by atoms with Gasteiger partial charge in [-0.2, -0.15) is 0 Å². The number of hydrogen-bond donors (Lipinski definition) is 7. The summed E-state index contributed by atoms with van der Waals surface area (Å²) >= 11 is 0. The van der Waals surface area contributed by atoms with Crippen LogP contribution < -0.4 is 5.32 Å². The number of amides is 1. The van der Waals surface area contributed by atoms with Crippen LogP contribution in [0, 0.1) is 117 Å². The van der Waals surface area contributed by atoms with Gasteiger partial charge in [0, 0.05) is 117 Å². The molecule has 4 aliphatic rings. The summed E-state index contributed by atoms with van der Waals surface area (Å²) < 4.78 is 5.64. The predicted octanol–water partition coefficient (Wildman–Crippen LogP) is 2.57. The van der Waals surface area contributed by atoms with Gasteiger partial charge in [-0.1, -0.05) is 74.9 Å². The van der Waals surface area contributed by atoms with E-state index in [1.54, 1.807) is 95.3 Å². The van der Waals surface area contributed by atoms with Crippen LogP contribution in [-0.4, -0.2) is 90.8 Å². The molecule has 0 aromatic heterocycles. The van der Waals surface area contributed by atoms with E-state index in [9.17, 15) is 40.4 Å². The number of benzene rings is 2. The van der Waals surface area contributed by atoms with Crippen LogP contribution in [0.15, 0.2) is 71.8 Å². The van der Waals surface area contributed by atoms with E-state index in [-0.39, 0.29) is 113 Å². The SMILES string of the molecule is CC1=C2C(O)C(=O)[C@]3(C)C(O)CC4OCC4(O)C3C(C)C(O)(CC1C(OO)C(O)C(NC(=O)c1ccccc1)c1ccccc1)C2(C)C.[Ac].[Ac]. The molecule has 2 aromatic carbocycles. The number of ketones is 1. The number of aliphatic hydroxyl groups excluding tert-OH is 3. The quantitative estimate of drug-likeness (QED) is 0.124. The standard InChI is InChI=1S/C37H47NO10.2Ac/c1-19-23(30(48-46)29(41)27(21-12-8-6-9-13-21)38-33(43)22-14-10-7-11-15-22)17-37(45)20(2)31-35(5,24(39)16-25-36(31,44)18-47-25)32(42)28(40)26(19)34(37,3)4;;/h6-15,20,23-25,27-31,39-41,44-46H,16-18H2,1-5H3,(H,38,43);;/t20?,23?,24?,25?,27?,28?,29?,30?,31?,35-,36?,37?;;/m1../s1. The first-order valence-corrected chi connectivity index (χ1v) is 16.6. The monoisotopic (exact) mass is 1120 g/mol. The number of rotatable bonds is 7. The topological polar surface area (TPSA) is 186 Å². The van der Waals surface area contributed by atoms with Gasteiger partial charge in [0.05, 0.1) is 35.9 Å². The van der Waals surface area contributed by atoms with Crippen LogP contribution in [0.25, 0.3) is 0 Å². The van der Waals surface area contributed by atoms with Crippen LogP contribution in [-0.2, 0) is 14.4 Å². The van der Waals surface area contributed by atoms with Crippen molar-refractivity contribution in [2.75, 3.05) is 6.61 Å². The summed E-state index contributed by atoms with van der Waals surface area (Å²) in [6, 6.07) is 16.1. The van der Waals surface area contributed by atoms with Gasteiger partial charge in [0.2, 0.25) is 0 Å². The molecule has 11 nitrogen and oxygen atoms in total. The minimum atomic E-state index is -1.79. The number of Topliss-reactive ketones (excluding diaryl/α,β-unsaturated/α-hetero) is 1. The summed E-state index contributed by atoms with van der Waals surface area (Å²) in [5.74, 6) is -4.00. The number of hydrogen-bond acceptors (Lipinski definition) is 10. The van der Waals surface area contributed by atoms with Crippen molar-refractivity contribution in [1.82, 2.24) is 5.32 Å². The first-order chi connectivity index (χ1) is 22.6. The molecule has 11 unspecified atom stereocenters. The Hall–Kier alpha value is -0.117. The number of nitrogens with one attached hydrogen (secondary N) is 1. The number of fused-ring (bicyclic) bond motifs is 5. The third kappa shape index (κ3) is 6.44. The van der Waals surface area contributed by atoms with Crippen molar-refractivity contribution < 1.29 is 138 Å². The summed E-state index contributed by atoms with van der Waals surface area (Å²) in [6.07, 6.45) is -6.95. The molecule has 3 fully saturated rings. The molecule has 2 radical (unpaired) electrons. The smallest absolute Gasteiger partial charge is 0.251 e. The average molecular weight is 1120 g/mol. The van der Waals surface area contributed by atoms with Crippen LogP contribution in [0.4, 0.5) is 0 Å². The predicted molar refractivity (Wildman–Crippen MR) is 173 cm³/mol. The Labute approximate surface area is 364 Å². The molecule has 13 heteroatoms. The van der Waals surface area contributed by atoms with Crippen molar-refractivity contribution in [2.24, 2.45) is 28.6 Å². The summed E-state index contributed by atoms with van der Waals surface area (Å²) in [4.78, 5) is 32.9. The molecule has 1 amide bonds. The zero-order chi connectivity index (χ0) is 35.0. The van der Waals surface area contributed by atoms with E-state index in [4.69, 9.17) is 9.62 Å². The molecule has 7 N–H and O–H groups in total. The molecule has 0 spiro atoms. The van der Waals surface area contributed by atoms with E-state index >= 15 is 0 Å². The first-order valence-electron chi connectivity index (χ1n) is 16.6. The van der Waals surface area contributed by atoms with Gasteiger partial charge >= 0.3 is 0 Å². The maximum atomic E-state index is 14.4. The van der Waals surface area contributed by atoms with E-state index < -0.39 is 88.0 Å². The van der Waals surface area contributed by atoms with Gasteiger partial charge in [0.1, 0.15) is 23.9 Å². The van der Waals surface area contributed by atoms with Crippen LogP contribution in [0.5, 0.6) is 0 Å². The van der Waals surface area contributed by atoms with Crippen LogP contribution >= 0.6 is 0 Å². The van der Waals surface area contributed by atoms with E-state index in [2.05, 4.69) is 5.32 Å². The largest absolute Gasteiger partial charge is 0.392 e. The van der Waals surface area contributed by atoms with E-state index in [1.165, 1.54) is 0 Å². The maximum Gasteiger partial charge on any atom is 0.251 e. The Morgan fingerprint density at radius 2 is 1.58 bits per heavy atom. The Morgan fingerprint density at radius 1 is 1.00 bits per heavy atom. The van der Waals surface area contributed by atoms with Gasteiger partial charge in [0.15, 0.2) is 5.78 Å². The van der Waals surface area contributed by atoms with Gasteiger partial charge < -0.3 is 35.6 Å². The van der Waals surface area contributed by atoms with Crippen molar-refractivity contribution >= 4 is 11.7 Å². The van der Waals surface area contributed by atoms with E-state index in [1.807, 2.05) is 0 Å². The van der Waals surface area contributed by atoms with Crippen LogP contribution in [0.1, 0.15) is 69.4 Å². The third-order valence-corrected chi connectivity index (χ3v) is 12.6. The Bertz CT molecular complexity index is 1590. The maximum absolute atomic E-state index is 14.4. The van der Waals surface area contributed by atoms with Gasteiger partial charge in [-0.05, 0) is 49.5 Å².